The first-order valence-electron chi connectivity index (χ1n) is 4.20. The van der Waals surface area contributed by atoms with Crippen molar-refractivity contribution in [1.29, 1.82) is 0 Å². The predicted molar refractivity (Wildman–Crippen MR) is 56.2 cm³/mol. The van der Waals surface area contributed by atoms with E-state index in [1.165, 1.54) is 0 Å². The van der Waals surface area contributed by atoms with Crippen molar-refractivity contribution in [3.63, 3.8) is 0 Å². The lowest BCUT2D eigenvalue weighted by Gasteiger charge is -2.02. The zero-order chi connectivity index (χ0) is 9.42. The van der Waals surface area contributed by atoms with Gasteiger partial charge in [-0.05, 0) is 37.6 Å². The largest absolute Gasteiger partial charge is 0.253 e. The predicted octanol–water partition coefficient (Wildman–Crippen LogP) is 3.51. The number of fused-ring (bicyclic) bond motifs is 1. The first-order chi connectivity index (χ1) is 6.16. The molecule has 1 aromatic carbocycles. The van der Waals surface area contributed by atoms with Crippen LogP contribution in [0.25, 0.3) is 10.9 Å². The normalized spacial score (nSPS) is 10.7. The van der Waals surface area contributed by atoms with Crippen LogP contribution in [0, 0.1) is 13.8 Å². The van der Waals surface area contributed by atoms with Gasteiger partial charge in [0.25, 0.3) is 0 Å². The average Bonchev–Trinajstić information content (AvgIpc) is 2.06. The summed E-state index contributed by atoms with van der Waals surface area (Å²) in [7, 11) is 0. The Morgan fingerprint density at radius 3 is 2.69 bits per heavy atom. The Morgan fingerprint density at radius 2 is 1.92 bits per heavy atom. The van der Waals surface area contributed by atoms with Gasteiger partial charge in [-0.1, -0.05) is 17.7 Å². The van der Waals surface area contributed by atoms with Crippen LogP contribution in [-0.4, -0.2) is 4.98 Å². The number of hydrogen-bond acceptors (Lipinski definition) is 1. The summed E-state index contributed by atoms with van der Waals surface area (Å²) in [6.07, 6.45) is 0. The van der Waals surface area contributed by atoms with Crippen molar-refractivity contribution >= 4 is 22.5 Å². The summed E-state index contributed by atoms with van der Waals surface area (Å²) in [4.78, 5) is 4.46. The molecule has 13 heavy (non-hydrogen) atoms. The van der Waals surface area contributed by atoms with Gasteiger partial charge in [0, 0.05) is 16.1 Å². The number of hydrogen-bond donors (Lipinski definition) is 0. The molecule has 0 amide bonds. The highest BCUT2D eigenvalue weighted by atomic mass is 35.5. The van der Waals surface area contributed by atoms with Crippen LogP contribution in [0.4, 0.5) is 0 Å². The zero-order valence-corrected chi connectivity index (χ0v) is 8.39. The molecule has 0 unspecified atom stereocenters. The van der Waals surface area contributed by atoms with Gasteiger partial charge in [0.05, 0.1) is 5.52 Å². The van der Waals surface area contributed by atoms with Crippen LogP contribution >= 0.6 is 11.6 Å². The van der Waals surface area contributed by atoms with Crippen LogP contribution in [0.3, 0.4) is 0 Å². The van der Waals surface area contributed by atoms with Crippen molar-refractivity contribution in [3.8, 4) is 0 Å². The maximum atomic E-state index is 5.94. The summed E-state index contributed by atoms with van der Waals surface area (Å²) in [5.74, 6) is 0. The smallest absolute Gasteiger partial charge is 0.0735 e. The van der Waals surface area contributed by atoms with Crippen molar-refractivity contribution in [3.05, 3.63) is 40.5 Å². The molecule has 0 saturated carbocycles. The molecule has 0 spiro atoms. The minimum Gasteiger partial charge on any atom is -0.253 e. The van der Waals surface area contributed by atoms with E-state index in [9.17, 15) is 0 Å². The molecule has 2 aromatic rings. The van der Waals surface area contributed by atoms with Crippen LogP contribution in [0.1, 0.15) is 11.3 Å². The molecule has 66 valence electrons. The fraction of sp³-hybridized carbons (Fsp3) is 0.182. The molecule has 0 saturated heterocycles. The second kappa shape index (κ2) is 3.00. The molecule has 1 heterocycles. The number of rotatable bonds is 0. The Kier molecular flexibility index (Phi) is 1.97. The SMILES string of the molecule is Cc1ccc2cc(Cl)cc(C)c2n1. The van der Waals surface area contributed by atoms with Crippen LogP contribution in [0.5, 0.6) is 0 Å². The van der Waals surface area contributed by atoms with E-state index in [-0.39, 0.29) is 0 Å². The van der Waals surface area contributed by atoms with Gasteiger partial charge in [-0.15, -0.1) is 0 Å². The number of aromatic nitrogens is 1. The summed E-state index contributed by atoms with van der Waals surface area (Å²) in [5, 5.41) is 1.88. The van der Waals surface area contributed by atoms with E-state index in [2.05, 4.69) is 11.1 Å². The van der Waals surface area contributed by atoms with Crippen molar-refractivity contribution in [2.75, 3.05) is 0 Å². The third-order valence-corrected chi connectivity index (χ3v) is 2.31. The Bertz CT molecular complexity index is 463. The Balaban J connectivity index is 2.87. The van der Waals surface area contributed by atoms with E-state index in [4.69, 9.17) is 11.6 Å². The first-order valence-corrected chi connectivity index (χ1v) is 4.58. The first kappa shape index (κ1) is 8.52. The van der Waals surface area contributed by atoms with Gasteiger partial charge in [0.2, 0.25) is 0 Å². The average molecular weight is 192 g/mol. The molecule has 1 aromatic heterocycles. The monoisotopic (exact) mass is 191 g/mol. The van der Waals surface area contributed by atoms with E-state index < -0.39 is 0 Å². The van der Waals surface area contributed by atoms with Crippen molar-refractivity contribution in [2.24, 2.45) is 0 Å². The molecular weight excluding hydrogens is 182 g/mol. The number of aryl methyl sites for hydroxylation is 2. The van der Waals surface area contributed by atoms with E-state index in [1.807, 2.05) is 32.0 Å². The fourth-order valence-electron chi connectivity index (χ4n) is 1.47. The van der Waals surface area contributed by atoms with Crippen LogP contribution in [0.15, 0.2) is 24.3 Å². The lowest BCUT2D eigenvalue weighted by Crippen LogP contribution is -1.86. The van der Waals surface area contributed by atoms with Gasteiger partial charge >= 0.3 is 0 Å². The van der Waals surface area contributed by atoms with Gasteiger partial charge in [-0.25, -0.2) is 0 Å². The maximum Gasteiger partial charge on any atom is 0.0735 e. The minimum atomic E-state index is 0.774. The molecule has 0 fully saturated rings. The molecular formula is C11H10ClN. The van der Waals surface area contributed by atoms with E-state index in [0.717, 1.165) is 27.2 Å². The molecule has 2 heteroatoms. The minimum absolute atomic E-state index is 0.774. The number of benzene rings is 1. The Labute approximate surface area is 82.4 Å². The molecule has 0 aliphatic carbocycles. The molecule has 0 radical (unpaired) electrons. The topological polar surface area (TPSA) is 12.9 Å². The zero-order valence-electron chi connectivity index (χ0n) is 7.63. The second-order valence-electron chi connectivity index (χ2n) is 3.25. The molecule has 1 nitrogen and oxygen atoms in total. The molecule has 0 aliphatic heterocycles. The van der Waals surface area contributed by atoms with Gasteiger partial charge in [-0.2, -0.15) is 0 Å². The molecule has 0 bridgehead atoms. The summed E-state index contributed by atoms with van der Waals surface area (Å²) < 4.78 is 0. The van der Waals surface area contributed by atoms with Crippen molar-refractivity contribution in [1.82, 2.24) is 4.98 Å². The third-order valence-electron chi connectivity index (χ3n) is 2.09. The summed E-state index contributed by atoms with van der Waals surface area (Å²) in [6.45, 7) is 4.02. The van der Waals surface area contributed by atoms with Gasteiger partial charge in [0.1, 0.15) is 0 Å². The third kappa shape index (κ3) is 1.52. The second-order valence-corrected chi connectivity index (χ2v) is 3.68. The number of halogens is 1. The Morgan fingerprint density at radius 1 is 1.15 bits per heavy atom. The lowest BCUT2D eigenvalue weighted by atomic mass is 10.1. The van der Waals surface area contributed by atoms with E-state index in [0.29, 0.717) is 0 Å². The fourth-order valence-corrected chi connectivity index (χ4v) is 1.75. The van der Waals surface area contributed by atoms with E-state index in [1.54, 1.807) is 0 Å². The molecule has 2 rings (SSSR count). The van der Waals surface area contributed by atoms with Gasteiger partial charge < -0.3 is 0 Å². The maximum absolute atomic E-state index is 5.94. The summed E-state index contributed by atoms with van der Waals surface area (Å²) in [5.41, 5.74) is 3.22. The molecule has 0 atom stereocenters. The summed E-state index contributed by atoms with van der Waals surface area (Å²) in [6, 6.07) is 7.93. The highest BCUT2D eigenvalue weighted by Crippen LogP contribution is 2.21. The number of nitrogens with zero attached hydrogens (tertiary/aromatic N) is 1. The lowest BCUT2D eigenvalue weighted by molar-refractivity contribution is 1.24. The standard InChI is InChI=1S/C11H10ClN/c1-7-5-10(12)6-9-4-3-8(2)13-11(7)9/h3-6H,1-2H3. The van der Waals surface area contributed by atoms with Crippen LogP contribution < -0.4 is 0 Å². The number of pyridine rings is 1. The van der Waals surface area contributed by atoms with Gasteiger partial charge in [-0.3, -0.25) is 4.98 Å². The van der Waals surface area contributed by atoms with E-state index >= 15 is 0 Å². The summed E-state index contributed by atoms with van der Waals surface area (Å²) >= 11 is 5.94. The van der Waals surface area contributed by atoms with Crippen molar-refractivity contribution < 1.29 is 0 Å². The quantitative estimate of drug-likeness (QED) is 0.621. The molecule has 0 N–H and O–H groups in total. The van der Waals surface area contributed by atoms with Gasteiger partial charge in [0.15, 0.2) is 0 Å². The molecule has 0 aliphatic rings. The highest BCUT2D eigenvalue weighted by molar-refractivity contribution is 6.31. The van der Waals surface area contributed by atoms with Crippen molar-refractivity contribution in [2.45, 2.75) is 13.8 Å². The highest BCUT2D eigenvalue weighted by Gasteiger charge is 2.00. The Hall–Kier alpha value is -1.08. The van der Waals surface area contributed by atoms with Crippen LogP contribution in [0.2, 0.25) is 5.02 Å². The van der Waals surface area contributed by atoms with Crippen LogP contribution in [-0.2, 0) is 0 Å².